The standard InChI is InChI=1S/C18H23N3O4S/c1-11-7-13(25-20-11)8-12-9-21(10-14(12)22)17(24)18(2,3)19-16(23)15-5-4-6-26-15/h4-7,12,14,22H,8-10H2,1-3H3,(H,19,23)/t12-,14-/m1/s1. The summed E-state index contributed by atoms with van der Waals surface area (Å²) in [7, 11) is 0. The monoisotopic (exact) mass is 377 g/mol. The van der Waals surface area contributed by atoms with Gasteiger partial charge in [0.25, 0.3) is 5.91 Å². The third-order valence-corrected chi connectivity index (χ3v) is 5.41. The number of hydrogen-bond donors (Lipinski definition) is 2. The molecule has 2 aromatic heterocycles. The maximum absolute atomic E-state index is 12.9. The summed E-state index contributed by atoms with van der Waals surface area (Å²) in [6, 6.07) is 5.35. The Balaban J connectivity index is 1.62. The van der Waals surface area contributed by atoms with E-state index in [-0.39, 0.29) is 24.3 Å². The number of aromatic nitrogens is 1. The number of β-amino-alcohol motifs (C(OH)–C–C–N with tert-alkyl or cyclic N) is 1. The summed E-state index contributed by atoms with van der Waals surface area (Å²) in [4.78, 5) is 27.3. The lowest BCUT2D eigenvalue weighted by Gasteiger charge is -2.30. The molecule has 0 bridgehead atoms. The minimum absolute atomic E-state index is 0.116. The molecule has 2 N–H and O–H groups in total. The lowest BCUT2D eigenvalue weighted by molar-refractivity contribution is -0.136. The number of nitrogens with zero attached hydrogens (tertiary/aromatic N) is 2. The van der Waals surface area contributed by atoms with Gasteiger partial charge in [-0.05, 0) is 32.2 Å². The first-order chi connectivity index (χ1) is 12.3. The molecule has 7 nitrogen and oxygen atoms in total. The average molecular weight is 377 g/mol. The van der Waals surface area contributed by atoms with E-state index in [0.29, 0.717) is 23.6 Å². The molecule has 1 aliphatic heterocycles. The number of rotatable bonds is 5. The smallest absolute Gasteiger partial charge is 0.262 e. The van der Waals surface area contributed by atoms with Crippen LogP contribution in [-0.2, 0) is 11.2 Å². The van der Waals surface area contributed by atoms with E-state index in [0.717, 1.165) is 5.69 Å². The quantitative estimate of drug-likeness (QED) is 0.825. The summed E-state index contributed by atoms with van der Waals surface area (Å²) >= 11 is 1.33. The fraction of sp³-hybridized carbons (Fsp3) is 0.500. The zero-order valence-corrected chi connectivity index (χ0v) is 15.9. The van der Waals surface area contributed by atoms with Crippen LogP contribution in [0.25, 0.3) is 0 Å². The second-order valence-electron chi connectivity index (χ2n) is 7.23. The van der Waals surface area contributed by atoms with E-state index in [2.05, 4.69) is 10.5 Å². The van der Waals surface area contributed by atoms with Gasteiger partial charge in [0.1, 0.15) is 11.3 Å². The molecular weight excluding hydrogens is 354 g/mol. The molecule has 8 heteroatoms. The molecular formula is C18H23N3O4S. The number of carbonyl (C=O) groups excluding carboxylic acids is 2. The van der Waals surface area contributed by atoms with E-state index in [1.165, 1.54) is 11.3 Å². The van der Waals surface area contributed by atoms with Crippen LogP contribution in [0.3, 0.4) is 0 Å². The molecule has 0 radical (unpaired) electrons. The van der Waals surface area contributed by atoms with Gasteiger partial charge in [0.2, 0.25) is 5.91 Å². The highest BCUT2D eigenvalue weighted by atomic mass is 32.1. The fourth-order valence-electron chi connectivity index (χ4n) is 3.19. The van der Waals surface area contributed by atoms with Crippen LogP contribution in [0.2, 0.25) is 0 Å². The summed E-state index contributed by atoms with van der Waals surface area (Å²) < 4.78 is 5.21. The average Bonchev–Trinajstić information content (AvgIpc) is 3.29. The molecule has 2 amide bonds. The first-order valence-electron chi connectivity index (χ1n) is 8.52. The Morgan fingerprint density at radius 2 is 2.23 bits per heavy atom. The van der Waals surface area contributed by atoms with Crippen molar-refractivity contribution in [1.82, 2.24) is 15.4 Å². The predicted molar refractivity (Wildman–Crippen MR) is 96.9 cm³/mol. The lowest BCUT2D eigenvalue weighted by Crippen LogP contribution is -2.55. The number of aliphatic hydroxyl groups excluding tert-OH is 1. The van der Waals surface area contributed by atoms with E-state index in [1.54, 1.807) is 30.9 Å². The van der Waals surface area contributed by atoms with Crippen LogP contribution in [0.1, 0.15) is 35.0 Å². The molecule has 1 aliphatic rings. The summed E-state index contributed by atoms with van der Waals surface area (Å²) in [5.41, 5.74) is -0.267. The molecule has 0 aliphatic carbocycles. The zero-order chi connectivity index (χ0) is 18.9. The highest BCUT2D eigenvalue weighted by Crippen LogP contribution is 2.24. The minimum atomic E-state index is -1.06. The van der Waals surface area contributed by atoms with Crippen molar-refractivity contribution in [2.75, 3.05) is 13.1 Å². The second-order valence-corrected chi connectivity index (χ2v) is 8.18. The number of thiophene rings is 1. The molecule has 1 fully saturated rings. The SMILES string of the molecule is Cc1cc(C[C@@H]2CN(C(=O)C(C)(C)NC(=O)c3cccs3)C[C@H]2O)on1. The van der Waals surface area contributed by atoms with Crippen LogP contribution in [0.5, 0.6) is 0 Å². The number of nitrogens with one attached hydrogen (secondary N) is 1. The Hall–Kier alpha value is -2.19. The van der Waals surface area contributed by atoms with Gasteiger partial charge < -0.3 is 19.8 Å². The summed E-state index contributed by atoms with van der Waals surface area (Å²) in [5.74, 6) is 0.102. The van der Waals surface area contributed by atoms with Gasteiger partial charge in [-0.2, -0.15) is 0 Å². The van der Waals surface area contributed by atoms with Crippen LogP contribution in [0.4, 0.5) is 0 Å². The van der Waals surface area contributed by atoms with Crippen LogP contribution in [0.15, 0.2) is 28.1 Å². The number of likely N-dealkylation sites (tertiary alicyclic amines) is 1. The Morgan fingerprint density at radius 1 is 1.46 bits per heavy atom. The molecule has 2 aromatic rings. The number of aryl methyl sites for hydroxylation is 1. The van der Waals surface area contributed by atoms with Crippen molar-refractivity contribution >= 4 is 23.2 Å². The van der Waals surface area contributed by atoms with E-state index < -0.39 is 11.6 Å². The highest BCUT2D eigenvalue weighted by Gasteiger charge is 2.41. The summed E-state index contributed by atoms with van der Waals surface area (Å²) in [6.45, 7) is 5.86. The van der Waals surface area contributed by atoms with Crippen LogP contribution in [-0.4, -0.2) is 51.7 Å². The summed E-state index contributed by atoms with van der Waals surface area (Å²) in [6.07, 6.45) is -0.110. The second kappa shape index (κ2) is 7.20. The Kier molecular flexibility index (Phi) is 5.15. The van der Waals surface area contributed by atoms with E-state index >= 15 is 0 Å². The molecule has 26 heavy (non-hydrogen) atoms. The van der Waals surface area contributed by atoms with E-state index in [9.17, 15) is 14.7 Å². The van der Waals surface area contributed by atoms with Gasteiger partial charge in [0.15, 0.2) is 0 Å². The Labute approximate surface area is 156 Å². The van der Waals surface area contributed by atoms with Crippen molar-refractivity contribution in [3.8, 4) is 0 Å². The number of amides is 2. The van der Waals surface area contributed by atoms with Crippen molar-refractivity contribution in [2.24, 2.45) is 5.92 Å². The van der Waals surface area contributed by atoms with Crippen molar-refractivity contribution in [3.05, 3.63) is 39.9 Å². The number of carbonyl (C=O) groups is 2. The minimum Gasteiger partial charge on any atom is -0.391 e. The number of aliphatic hydroxyl groups is 1. The molecule has 2 atom stereocenters. The molecule has 140 valence electrons. The predicted octanol–water partition coefficient (Wildman–Crippen LogP) is 1.61. The zero-order valence-electron chi connectivity index (χ0n) is 15.1. The molecule has 3 heterocycles. The van der Waals surface area contributed by atoms with Gasteiger partial charge >= 0.3 is 0 Å². The van der Waals surface area contributed by atoms with Crippen molar-refractivity contribution in [1.29, 1.82) is 0 Å². The largest absolute Gasteiger partial charge is 0.391 e. The van der Waals surface area contributed by atoms with Gasteiger partial charge in [-0.1, -0.05) is 11.2 Å². The normalized spacial score (nSPS) is 20.4. The molecule has 3 rings (SSSR count). The topological polar surface area (TPSA) is 95.7 Å². The van der Waals surface area contributed by atoms with Crippen LogP contribution in [0, 0.1) is 12.8 Å². The lowest BCUT2D eigenvalue weighted by atomic mass is 10.0. The molecule has 0 aromatic carbocycles. The molecule has 0 saturated carbocycles. The van der Waals surface area contributed by atoms with Crippen molar-refractivity contribution < 1.29 is 19.2 Å². The van der Waals surface area contributed by atoms with Crippen LogP contribution >= 0.6 is 11.3 Å². The van der Waals surface area contributed by atoms with Gasteiger partial charge in [-0.15, -0.1) is 11.3 Å². The maximum Gasteiger partial charge on any atom is 0.262 e. The van der Waals surface area contributed by atoms with Crippen molar-refractivity contribution in [3.63, 3.8) is 0 Å². The Morgan fingerprint density at radius 3 is 2.85 bits per heavy atom. The van der Waals surface area contributed by atoms with Gasteiger partial charge in [0.05, 0.1) is 16.7 Å². The molecule has 0 unspecified atom stereocenters. The van der Waals surface area contributed by atoms with Crippen molar-refractivity contribution in [2.45, 2.75) is 38.8 Å². The molecule has 1 saturated heterocycles. The third kappa shape index (κ3) is 3.96. The van der Waals surface area contributed by atoms with E-state index in [1.807, 2.05) is 18.4 Å². The highest BCUT2D eigenvalue weighted by molar-refractivity contribution is 7.12. The molecule has 0 spiro atoms. The fourth-order valence-corrected chi connectivity index (χ4v) is 3.81. The third-order valence-electron chi connectivity index (χ3n) is 4.54. The first kappa shape index (κ1) is 18.6. The van der Waals surface area contributed by atoms with Gasteiger partial charge in [0, 0.05) is 31.5 Å². The summed E-state index contributed by atoms with van der Waals surface area (Å²) in [5, 5.41) is 18.8. The first-order valence-corrected chi connectivity index (χ1v) is 9.40. The van der Waals surface area contributed by atoms with Crippen LogP contribution < -0.4 is 5.32 Å². The van der Waals surface area contributed by atoms with Gasteiger partial charge in [-0.3, -0.25) is 9.59 Å². The maximum atomic E-state index is 12.9. The van der Waals surface area contributed by atoms with Gasteiger partial charge in [-0.25, -0.2) is 0 Å². The number of hydrogen-bond acceptors (Lipinski definition) is 6. The Bertz CT molecular complexity index is 784. The van der Waals surface area contributed by atoms with E-state index in [4.69, 9.17) is 4.52 Å².